The Morgan fingerprint density at radius 1 is 1.30 bits per heavy atom. The zero-order valence-electron chi connectivity index (χ0n) is 12.6. The molecule has 0 aliphatic carbocycles. The maximum atomic E-state index is 12.7. The van der Waals surface area contributed by atoms with Crippen LogP contribution in [0, 0.1) is 12.8 Å². The Bertz CT molecular complexity index is 602. The fourth-order valence-corrected chi connectivity index (χ4v) is 4.52. The van der Waals surface area contributed by atoms with Crippen LogP contribution in [0.4, 0.5) is 0 Å². The second-order valence-corrected chi connectivity index (χ2v) is 7.98. The lowest BCUT2D eigenvalue weighted by molar-refractivity contribution is 0.515. The summed E-state index contributed by atoms with van der Waals surface area (Å²) in [6, 6.07) is 7.07. The molecule has 2 rings (SSSR count). The minimum Gasteiger partial charge on any atom is -0.207 e. The maximum absolute atomic E-state index is 12.7. The van der Waals surface area contributed by atoms with E-state index in [4.69, 9.17) is 0 Å². The van der Waals surface area contributed by atoms with Gasteiger partial charge < -0.3 is 0 Å². The average molecular weight is 293 g/mol. The van der Waals surface area contributed by atoms with E-state index in [1.807, 2.05) is 26.0 Å². The second kappa shape index (κ2) is 5.34. The minimum atomic E-state index is -3.40. The van der Waals surface area contributed by atoms with E-state index in [0.29, 0.717) is 10.8 Å². The van der Waals surface area contributed by atoms with Crippen molar-refractivity contribution in [2.45, 2.75) is 51.1 Å². The topological polar surface area (TPSA) is 37.1 Å². The van der Waals surface area contributed by atoms with E-state index in [1.54, 1.807) is 16.4 Å². The lowest BCUT2D eigenvalue weighted by atomic mass is 10.0. The molecule has 0 aromatic heterocycles. The molecule has 0 radical (unpaired) electrons. The van der Waals surface area contributed by atoms with Gasteiger partial charge in [0, 0.05) is 6.04 Å². The van der Waals surface area contributed by atoms with Crippen LogP contribution in [0.1, 0.15) is 32.8 Å². The highest BCUT2D eigenvalue weighted by molar-refractivity contribution is 7.89. The van der Waals surface area contributed by atoms with Gasteiger partial charge in [0.25, 0.3) is 0 Å². The lowest BCUT2D eigenvalue weighted by Crippen LogP contribution is -2.16. The first-order chi connectivity index (χ1) is 9.25. The van der Waals surface area contributed by atoms with E-state index in [1.165, 1.54) is 0 Å². The van der Waals surface area contributed by atoms with Crippen LogP contribution in [0.15, 0.2) is 41.3 Å². The number of nitrogens with zero attached hydrogens (tertiary/aromatic N) is 1. The molecule has 1 unspecified atom stereocenters. The Morgan fingerprint density at radius 3 is 2.30 bits per heavy atom. The summed E-state index contributed by atoms with van der Waals surface area (Å²) in [4.78, 5) is 0.376. The smallest absolute Gasteiger partial charge is 0.207 e. The number of hydrogen-bond donors (Lipinski definition) is 0. The van der Waals surface area contributed by atoms with Gasteiger partial charge in [0.2, 0.25) is 10.0 Å². The molecule has 1 heterocycles. The largest absolute Gasteiger partial charge is 0.243 e. The summed E-state index contributed by atoms with van der Waals surface area (Å²) in [6.45, 7) is 12.0. The highest BCUT2D eigenvalue weighted by Gasteiger charge is 2.55. The molecule has 1 aromatic rings. The van der Waals surface area contributed by atoms with Gasteiger partial charge in [-0.25, -0.2) is 8.42 Å². The van der Waals surface area contributed by atoms with Crippen molar-refractivity contribution in [2.75, 3.05) is 0 Å². The van der Waals surface area contributed by atoms with Crippen LogP contribution >= 0.6 is 0 Å². The normalized spacial score (nSPS) is 25.8. The summed E-state index contributed by atoms with van der Waals surface area (Å²) in [5, 5.41) is 0. The van der Waals surface area contributed by atoms with Gasteiger partial charge in [-0.05, 0) is 38.3 Å². The van der Waals surface area contributed by atoms with Crippen LogP contribution < -0.4 is 0 Å². The molecule has 3 atom stereocenters. The van der Waals surface area contributed by atoms with Crippen LogP contribution in [0.3, 0.4) is 0 Å². The first-order valence-electron chi connectivity index (χ1n) is 7.00. The van der Waals surface area contributed by atoms with E-state index in [0.717, 1.165) is 17.6 Å². The van der Waals surface area contributed by atoms with E-state index in [-0.39, 0.29) is 12.1 Å². The standard InChI is InChI=1S/C16H23NO2S/c1-11(2)10-15-16(12(3)4)17(15)20(18,19)14-8-6-13(5)7-9-14/h6-9,11,15-16H,3,10H2,1-2,4-5H3/t15-,16+,17?/m0/s1. The SMILES string of the molecule is C=C(C)[C@@H]1[C@H](CC(C)C)N1S(=O)(=O)c1ccc(C)cc1. The summed E-state index contributed by atoms with van der Waals surface area (Å²) < 4.78 is 27.0. The molecule has 3 nitrogen and oxygen atoms in total. The quantitative estimate of drug-likeness (QED) is 0.616. The van der Waals surface area contributed by atoms with Crippen molar-refractivity contribution in [3.8, 4) is 0 Å². The van der Waals surface area contributed by atoms with Crippen LogP contribution in [0.5, 0.6) is 0 Å². The van der Waals surface area contributed by atoms with Gasteiger partial charge in [-0.15, -0.1) is 0 Å². The van der Waals surface area contributed by atoms with Gasteiger partial charge in [0.15, 0.2) is 0 Å². The third-order valence-corrected chi connectivity index (χ3v) is 5.61. The van der Waals surface area contributed by atoms with Crippen molar-refractivity contribution in [3.05, 3.63) is 42.0 Å². The van der Waals surface area contributed by atoms with Crippen LogP contribution in [-0.4, -0.2) is 24.8 Å². The van der Waals surface area contributed by atoms with Crippen molar-refractivity contribution in [1.29, 1.82) is 0 Å². The molecule has 0 saturated carbocycles. The van der Waals surface area contributed by atoms with Gasteiger partial charge in [-0.2, -0.15) is 4.31 Å². The molecule has 4 heteroatoms. The van der Waals surface area contributed by atoms with Crippen molar-refractivity contribution < 1.29 is 8.42 Å². The zero-order valence-corrected chi connectivity index (χ0v) is 13.4. The third-order valence-electron chi connectivity index (χ3n) is 3.69. The Kier molecular flexibility index (Phi) is 4.07. The van der Waals surface area contributed by atoms with Gasteiger partial charge in [-0.3, -0.25) is 0 Å². The van der Waals surface area contributed by atoms with Gasteiger partial charge in [-0.1, -0.05) is 43.7 Å². The highest BCUT2D eigenvalue weighted by Crippen LogP contribution is 2.42. The van der Waals surface area contributed by atoms with E-state index < -0.39 is 10.0 Å². The lowest BCUT2D eigenvalue weighted by Gasteiger charge is -2.08. The van der Waals surface area contributed by atoms with E-state index in [2.05, 4.69) is 20.4 Å². The summed E-state index contributed by atoms with van der Waals surface area (Å²) in [5.41, 5.74) is 1.98. The monoisotopic (exact) mass is 293 g/mol. The molecule has 0 spiro atoms. The second-order valence-electron chi connectivity index (χ2n) is 6.14. The van der Waals surface area contributed by atoms with E-state index in [9.17, 15) is 8.42 Å². The summed E-state index contributed by atoms with van der Waals surface area (Å²) in [5.74, 6) is 0.472. The molecule has 1 saturated heterocycles. The number of benzene rings is 1. The molecule has 20 heavy (non-hydrogen) atoms. The van der Waals surface area contributed by atoms with Gasteiger partial charge in [0.1, 0.15) is 0 Å². The third kappa shape index (κ3) is 2.81. The molecule has 110 valence electrons. The summed E-state index contributed by atoms with van der Waals surface area (Å²) in [6.07, 6.45) is 0.878. The molecule has 1 aliphatic rings. The molecular formula is C16H23NO2S. The Morgan fingerprint density at radius 2 is 1.85 bits per heavy atom. The molecule has 0 bridgehead atoms. The predicted molar refractivity (Wildman–Crippen MR) is 82.0 cm³/mol. The molecule has 1 aliphatic heterocycles. The van der Waals surface area contributed by atoms with Crippen molar-refractivity contribution in [2.24, 2.45) is 5.92 Å². The zero-order chi connectivity index (χ0) is 15.1. The highest BCUT2D eigenvalue weighted by atomic mass is 32.2. The van der Waals surface area contributed by atoms with Gasteiger partial charge in [0.05, 0.1) is 10.9 Å². The first kappa shape index (κ1) is 15.3. The molecule has 0 N–H and O–H groups in total. The predicted octanol–water partition coefficient (Wildman–Crippen LogP) is 3.36. The Balaban J connectivity index is 2.29. The fraction of sp³-hybridized carbons (Fsp3) is 0.500. The van der Waals surface area contributed by atoms with Crippen LogP contribution in [-0.2, 0) is 10.0 Å². The van der Waals surface area contributed by atoms with Crippen molar-refractivity contribution >= 4 is 10.0 Å². The summed E-state index contributed by atoms with van der Waals surface area (Å²) in [7, 11) is -3.40. The Labute approximate surface area is 122 Å². The van der Waals surface area contributed by atoms with Crippen LogP contribution in [0.2, 0.25) is 0 Å². The number of hydrogen-bond acceptors (Lipinski definition) is 2. The van der Waals surface area contributed by atoms with Crippen molar-refractivity contribution in [1.82, 2.24) is 4.31 Å². The number of aryl methyl sites for hydroxylation is 1. The van der Waals surface area contributed by atoms with Crippen LogP contribution in [0.25, 0.3) is 0 Å². The Hall–Kier alpha value is -1.13. The first-order valence-corrected chi connectivity index (χ1v) is 8.44. The molecule has 1 aromatic carbocycles. The van der Waals surface area contributed by atoms with Gasteiger partial charge >= 0.3 is 0 Å². The molecule has 0 amide bonds. The van der Waals surface area contributed by atoms with Crippen molar-refractivity contribution in [3.63, 3.8) is 0 Å². The van der Waals surface area contributed by atoms with E-state index >= 15 is 0 Å². The molecule has 1 fully saturated rings. The fourth-order valence-electron chi connectivity index (χ4n) is 2.68. The number of sulfonamides is 1. The number of rotatable bonds is 5. The average Bonchev–Trinajstić information content (AvgIpc) is 3.03. The molecular weight excluding hydrogens is 270 g/mol. The summed E-state index contributed by atoms with van der Waals surface area (Å²) >= 11 is 0. The maximum Gasteiger partial charge on any atom is 0.243 e. The minimum absolute atomic E-state index is 0.0382.